The molecule has 0 aliphatic carbocycles. The third-order valence-corrected chi connectivity index (χ3v) is 2.70. The second-order valence-corrected chi connectivity index (χ2v) is 4.20. The molecule has 0 fully saturated rings. The van der Waals surface area contributed by atoms with Gasteiger partial charge in [-0.05, 0) is 24.6 Å². The van der Waals surface area contributed by atoms with Crippen LogP contribution >= 0.6 is 0 Å². The van der Waals surface area contributed by atoms with Crippen molar-refractivity contribution in [2.24, 2.45) is 0 Å². The molecular formula is C13H11FN2O3. The van der Waals surface area contributed by atoms with Gasteiger partial charge in [0.2, 0.25) is 0 Å². The molecule has 0 aliphatic heterocycles. The van der Waals surface area contributed by atoms with Crippen LogP contribution in [-0.4, -0.2) is 9.49 Å². The molecule has 1 aromatic heterocycles. The van der Waals surface area contributed by atoms with Crippen molar-refractivity contribution in [2.75, 3.05) is 0 Å². The maximum absolute atomic E-state index is 13.1. The summed E-state index contributed by atoms with van der Waals surface area (Å²) in [5.74, 6) is -0.410. The molecule has 0 amide bonds. The first-order valence-corrected chi connectivity index (χ1v) is 5.57. The minimum atomic E-state index is -0.561. The molecule has 0 saturated carbocycles. The molecular weight excluding hydrogens is 251 g/mol. The van der Waals surface area contributed by atoms with Crippen molar-refractivity contribution in [2.45, 2.75) is 13.5 Å². The monoisotopic (exact) mass is 262 g/mol. The van der Waals surface area contributed by atoms with Crippen molar-refractivity contribution >= 4 is 5.69 Å². The molecule has 0 radical (unpaired) electrons. The first-order chi connectivity index (χ1) is 8.97. The van der Waals surface area contributed by atoms with Gasteiger partial charge in [-0.2, -0.15) is 0 Å². The fraction of sp³-hybridized carbons (Fsp3) is 0.154. The van der Waals surface area contributed by atoms with Gasteiger partial charge in [-0.1, -0.05) is 12.1 Å². The largest absolute Gasteiger partial charge is 0.304 e. The van der Waals surface area contributed by atoms with Crippen LogP contribution in [0.4, 0.5) is 10.1 Å². The molecule has 0 aliphatic rings. The zero-order chi connectivity index (χ0) is 14.0. The van der Waals surface area contributed by atoms with Crippen LogP contribution in [0.25, 0.3) is 0 Å². The Labute approximate surface area is 108 Å². The lowest BCUT2D eigenvalue weighted by Gasteiger charge is -2.07. The molecule has 0 unspecified atom stereocenters. The number of halogens is 1. The molecule has 1 heterocycles. The number of nitrogens with zero attached hydrogens (tertiary/aromatic N) is 2. The first kappa shape index (κ1) is 12.9. The lowest BCUT2D eigenvalue weighted by atomic mass is 10.2. The number of hydrogen-bond acceptors (Lipinski definition) is 3. The van der Waals surface area contributed by atoms with Crippen molar-refractivity contribution in [3.05, 3.63) is 73.9 Å². The molecule has 0 atom stereocenters. The molecule has 2 aromatic rings. The van der Waals surface area contributed by atoms with Crippen LogP contribution in [0.3, 0.4) is 0 Å². The Morgan fingerprint density at radius 2 is 2.11 bits per heavy atom. The summed E-state index contributed by atoms with van der Waals surface area (Å²) in [5.41, 5.74) is 0.371. The zero-order valence-electron chi connectivity index (χ0n) is 10.2. The van der Waals surface area contributed by atoms with Crippen molar-refractivity contribution < 1.29 is 9.31 Å². The molecule has 2 rings (SSSR count). The first-order valence-electron chi connectivity index (χ1n) is 5.57. The highest BCUT2D eigenvalue weighted by Crippen LogP contribution is 2.11. The van der Waals surface area contributed by atoms with Crippen LogP contribution in [0, 0.1) is 22.9 Å². The standard InChI is InChI=1S/C13H11FN2O3/c1-9-5-12(16(18)19)8-15(13(9)17)7-10-3-2-4-11(14)6-10/h2-6,8H,7H2,1H3. The van der Waals surface area contributed by atoms with E-state index >= 15 is 0 Å². The van der Waals surface area contributed by atoms with Gasteiger partial charge in [0.05, 0.1) is 17.7 Å². The number of aromatic nitrogens is 1. The van der Waals surface area contributed by atoms with Crippen molar-refractivity contribution in [3.63, 3.8) is 0 Å². The number of aryl methyl sites for hydroxylation is 1. The third-order valence-electron chi connectivity index (χ3n) is 2.70. The quantitative estimate of drug-likeness (QED) is 0.629. The zero-order valence-corrected chi connectivity index (χ0v) is 10.2. The van der Waals surface area contributed by atoms with Crippen molar-refractivity contribution in [1.29, 1.82) is 0 Å². The van der Waals surface area contributed by atoms with Crippen LogP contribution in [0.1, 0.15) is 11.1 Å². The van der Waals surface area contributed by atoms with Gasteiger partial charge in [0.1, 0.15) is 5.82 Å². The Morgan fingerprint density at radius 3 is 2.74 bits per heavy atom. The number of nitro groups is 1. The number of pyridine rings is 1. The molecule has 0 bridgehead atoms. The van der Waals surface area contributed by atoms with Crippen molar-refractivity contribution in [1.82, 2.24) is 4.57 Å². The molecule has 0 spiro atoms. The predicted molar refractivity (Wildman–Crippen MR) is 67.6 cm³/mol. The molecule has 1 aromatic carbocycles. The van der Waals surface area contributed by atoms with Crippen LogP contribution < -0.4 is 5.56 Å². The summed E-state index contributed by atoms with van der Waals surface area (Å²) in [6.45, 7) is 1.61. The lowest BCUT2D eigenvalue weighted by Crippen LogP contribution is -2.22. The number of benzene rings is 1. The van der Waals surface area contributed by atoms with Crippen LogP contribution in [0.15, 0.2) is 41.3 Å². The second-order valence-electron chi connectivity index (χ2n) is 4.20. The molecule has 0 saturated heterocycles. The summed E-state index contributed by atoms with van der Waals surface area (Å²) in [6.07, 6.45) is 1.17. The average molecular weight is 262 g/mol. The van der Waals surface area contributed by atoms with Gasteiger partial charge in [0.25, 0.3) is 11.2 Å². The normalized spacial score (nSPS) is 10.4. The highest BCUT2D eigenvalue weighted by molar-refractivity contribution is 5.31. The van der Waals surface area contributed by atoms with E-state index in [1.165, 1.54) is 42.0 Å². The highest BCUT2D eigenvalue weighted by Gasteiger charge is 2.11. The van der Waals surface area contributed by atoms with E-state index in [9.17, 15) is 19.3 Å². The van der Waals surface area contributed by atoms with Gasteiger partial charge in [-0.3, -0.25) is 14.9 Å². The van der Waals surface area contributed by atoms with Crippen LogP contribution in [-0.2, 0) is 6.54 Å². The van der Waals surface area contributed by atoms with Crippen LogP contribution in [0.2, 0.25) is 0 Å². The Morgan fingerprint density at radius 1 is 1.37 bits per heavy atom. The van der Waals surface area contributed by atoms with E-state index in [1.54, 1.807) is 6.07 Å². The minimum Gasteiger partial charge on any atom is -0.304 e. The summed E-state index contributed by atoms with van der Waals surface area (Å²) in [7, 11) is 0. The minimum absolute atomic E-state index is 0.0963. The van der Waals surface area contributed by atoms with E-state index in [-0.39, 0.29) is 23.4 Å². The highest BCUT2D eigenvalue weighted by atomic mass is 19.1. The van der Waals surface area contributed by atoms with Gasteiger partial charge in [0.15, 0.2) is 0 Å². The Bertz CT molecular complexity index is 695. The maximum atomic E-state index is 13.1. The summed E-state index contributed by atoms with van der Waals surface area (Å²) < 4.78 is 14.3. The molecule has 0 N–H and O–H groups in total. The smallest absolute Gasteiger partial charge is 0.286 e. The molecule has 5 nitrogen and oxygen atoms in total. The van der Waals surface area contributed by atoms with E-state index in [4.69, 9.17) is 0 Å². The predicted octanol–water partition coefficient (Wildman–Crippen LogP) is 2.25. The third kappa shape index (κ3) is 2.85. The second kappa shape index (κ2) is 5.01. The lowest BCUT2D eigenvalue weighted by molar-refractivity contribution is -0.385. The van der Waals surface area contributed by atoms with Gasteiger partial charge in [-0.25, -0.2) is 4.39 Å². The van der Waals surface area contributed by atoms with Crippen molar-refractivity contribution in [3.8, 4) is 0 Å². The Kier molecular flexibility index (Phi) is 3.41. The number of rotatable bonds is 3. The summed E-state index contributed by atoms with van der Waals surface area (Å²) in [4.78, 5) is 22.1. The molecule has 98 valence electrons. The van der Waals surface area contributed by atoms with Gasteiger partial charge < -0.3 is 4.57 Å². The van der Waals surface area contributed by atoms with E-state index < -0.39 is 10.7 Å². The fourth-order valence-corrected chi connectivity index (χ4v) is 1.81. The fourth-order valence-electron chi connectivity index (χ4n) is 1.81. The molecule has 19 heavy (non-hydrogen) atoms. The Hall–Kier alpha value is -2.50. The SMILES string of the molecule is Cc1cc([N+](=O)[O-])cn(Cc2cccc(F)c2)c1=O. The van der Waals surface area contributed by atoms with Crippen LogP contribution in [0.5, 0.6) is 0 Å². The van der Waals surface area contributed by atoms with E-state index in [0.29, 0.717) is 5.56 Å². The summed E-state index contributed by atoms with van der Waals surface area (Å²) in [5, 5.41) is 10.8. The van der Waals surface area contributed by atoms with Gasteiger partial charge in [-0.15, -0.1) is 0 Å². The summed E-state index contributed by atoms with van der Waals surface area (Å²) in [6, 6.07) is 7.00. The van der Waals surface area contributed by atoms with E-state index in [0.717, 1.165) is 0 Å². The number of hydrogen-bond donors (Lipinski definition) is 0. The van der Waals surface area contributed by atoms with E-state index in [2.05, 4.69) is 0 Å². The molecule has 6 heteroatoms. The average Bonchev–Trinajstić information content (AvgIpc) is 2.34. The Balaban J connectivity index is 2.45. The summed E-state index contributed by atoms with van der Waals surface area (Å²) >= 11 is 0. The van der Waals surface area contributed by atoms with Gasteiger partial charge >= 0.3 is 0 Å². The van der Waals surface area contributed by atoms with E-state index in [1.807, 2.05) is 0 Å². The topological polar surface area (TPSA) is 65.1 Å². The van der Waals surface area contributed by atoms with Gasteiger partial charge in [0, 0.05) is 11.6 Å². The maximum Gasteiger partial charge on any atom is 0.286 e.